The molecule has 0 saturated carbocycles. The van der Waals surface area contributed by atoms with Gasteiger partial charge in [0.05, 0.1) is 26.1 Å². The van der Waals surface area contributed by atoms with Gasteiger partial charge >= 0.3 is 0 Å². The highest BCUT2D eigenvalue weighted by atomic mass is 35.5. The van der Waals surface area contributed by atoms with Crippen LogP contribution in [-0.2, 0) is 9.59 Å². The zero-order chi connectivity index (χ0) is 19.6. The number of carbonyl (C=O) groups excluding carboxylic acids is 2. The number of hydrazone groups is 1. The average molecular weight is 390 g/mol. The van der Waals surface area contributed by atoms with Gasteiger partial charge in [-0.2, -0.15) is 5.10 Å². The van der Waals surface area contributed by atoms with Crippen LogP contribution in [0.1, 0.15) is 18.4 Å². The van der Waals surface area contributed by atoms with E-state index in [4.69, 9.17) is 21.1 Å². The van der Waals surface area contributed by atoms with Gasteiger partial charge in [-0.25, -0.2) is 5.43 Å². The first-order valence-corrected chi connectivity index (χ1v) is 8.49. The number of hydrogen-bond acceptors (Lipinski definition) is 5. The quantitative estimate of drug-likeness (QED) is 0.536. The minimum Gasteiger partial charge on any atom is -0.496 e. The summed E-state index contributed by atoms with van der Waals surface area (Å²) in [5.41, 5.74) is 3.55. The fourth-order valence-corrected chi connectivity index (χ4v) is 2.40. The number of amides is 2. The van der Waals surface area contributed by atoms with Crippen LogP contribution in [0.5, 0.6) is 11.5 Å². The molecule has 2 aromatic carbocycles. The van der Waals surface area contributed by atoms with Gasteiger partial charge in [-0.05, 0) is 30.3 Å². The molecule has 0 saturated heterocycles. The Balaban J connectivity index is 1.82. The Bertz CT molecular complexity index is 839. The maximum atomic E-state index is 12.0. The number of benzene rings is 2. The van der Waals surface area contributed by atoms with Crippen molar-refractivity contribution in [1.29, 1.82) is 0 Å². The summed E-state index contributed by atoms with van der Waals surface area (Å²) in [7, 11) is 3.05. The minimum absolute atomic E-state index is 0.00893. The maximum Gasteiger partial charge on any atom is 0.240 e. The van der Waals surface area contributed by atoms with Gasteiger partial charge in [0, 0.05) is 23.4 Å². The molecule has 8 heteroatoms. The number of ether oxygens (including phenoxy) is 2. The van der Waals surface area contributed by atoms with E-state index in [0.29, 0.717) is 27.8 Å². The Hall–Kier alpha value is -3.06. The predicted octanol–water partition coefficient (Wildman–Crippen LogP) is 3.23. The second kappa shape index (κ2) is 10.2. The first-order valence-electron chi connectivity index (χ1n) is 8.11. The lowest BCUT2D eigenvalue weighted by Crippen LogP contribution is -2.20. The van der Waals surface area contributed by atoms with E-state index in [1.807, 2.05) is 0 Å². The van der Waals surface area contributed by atoms with Crippen LogP contribution in [-0.4, -0.2) is 32.2 Å². The van der Waals surface area contributed by atoms with Crippen molar-refractivity contribution >= 4 is 35.3 Å². The second-order valence-corrected chi connectivity index (χ2v) is 5.86. The highest BCUT2D eigenvalue weighted by Gasteiger charge is 2.09. The number of hydrogen-bond donors (Lipinski definition) is 2. The lowest BCUT2D eigenvalue weighted by Gasteiger charge is -2.09. The van der Waals surface area contributed by atoms with Crippen LogP contribution in [0.3, 0.4) is 0 Å². The predicted molar refractivity (Wildman–Crippen MR) is 105 cm³/mol. The molecule has 2 rings (SSSR count). The first kappa shape index (κ1) is 20.3. The summed E-state index contributed by atoms with van der Waals surface area (Å²) in [6, 6.07) is 12.1. The van der Waals surface area contributed by atoms with Crippen LogP contribution in [0.15, 0.2) is 47.6 Å². The number of methoxy groups -OCH3 is 2. The topological polar surface area (TPSA) is 89.0 Å². The van der Waals surface area contributed by atoms with Gasteiger partial charge in [-0.1, -0.05) is 23.7 Å². The summed E-state index contributed by atoms with van der Waals surface area (Å²) in [6.07, 6.45) is 1.43. The van der Waals surface area contributed by atoms with Crippen LogP contribution in [0.25, 0.3) is 0 Å². The molecule has 2 N–H and O–H groups in total. The number of para-hydroxylation sites is 2. The highest BCUT2D eigenvalue weighted by Crippen LogP contribution is 2.23. The van der Waals surface area contributed by atoms with Crippen molar-refractivity contribution in [1.82, 2.24) is 5.43 Å². The van der Waals surface area contributed by atoms with Gasteiger partial charge in [0.1, 0.15) is 11.5 Å². The molecular weight excluding hydrogens is 370 g/mol. The van der Waals surface area contributed by atoms with Crippen LogP contribution in [0.2, 0.25) is 5.02 Å². The molecule has 0 atom stereocenters. The van der Waals surface area contributed by atoms with Crippen molar-refractivity contribution < 1.29 is 19.1 Å². The normalized spacial score (nSPS) is 10.5. The van der Waals surface area contributed by atoms with E-state index in [1.54, 1.807) is 42.5 Å². The van der Waals surface area contributed by atoms with E-state index in [9.17, 15) is 9.59 Å². The van der Waals surface area contributed by atoms with Gasteiger partial charge in [0.15, 0.2) is 0 Å². The Morgan fingerprint density at radius 3 is 2.48 bits per heavy atom. The Morgan fingerprint density at radius 1 is 1.04 bits per heavy atom. The van der Waals surface area contributed by atoms with E-state index in [-0.39, 0.29) is 24.7 Å². The Morgan fingerprint density at radius 2 is 1.74 bits per heavy atom. The molecule has 0 heterocycles. The molecule has 0 aromatic heterocycles. The number of rotatable bonds is 8. The number of halogens is 1. The fraction of sp³-hybridized carbons (Fsp3) is 0.211. The molecule has 0 unspecified atom stereocenters. The molecule has 0 aliphatic rings. The molecule has 142 valence electrons. The molecule has 0 radical (unpaired) electrons. The monoisotopic (exact) mass is 389 g/mol. The van der Waals surface area contributed by atoms with E-state index in [2.05, 4.69) is 15.8 Å². The average Bonchev–Trinajstić information content (AvgIpc) is 2.67. The Kier molecular flexibility index (Phi) is 7.63. The number of nitrogens with one attached hydrogen (secondary N) is 2. The minimum atomic E-state index is -0.387. The van der Waals surface area contributed by atoms with Gasteiger partial charge in [0.2, 0.25) is 11.8 Å². The molecule has 7 nitrogen and oxygen atoms in total. The summed E-state index contributed by atoms with van der Waals surface area (Å²) in [4.78, 5) is 23.8. The number of carbonyl (C=O) groups is 2. The fourth-order valence-electron chi connectivity index (χ4n) is 2.22. The summed E-state index contributed by atoms with van der Waals surface area (Å²) in [5, 5.41) is 7.10. The highest BCUT2D eigenvalue weighted by molar-refractivity contribution is 6.30. The van der Waals surface area contributed by atoms with Gasteiger partial charge in [-0.3, -0.25) is 9.59 Å². The molecule has 0 aliphatic carbocycles. The van der Waals surface area contributed by atoms with E-state index < -0.39 is 0 Å². The standard InChI is InChI=1S/C19H20ClN3O4/c1-26-16-8-7-14(20)11-13(16)12-21-23-19(25)10-9-18(24)22-15-5-3-4-6-17(15)27-2/h3-8,11-12H,9-10H2,1-2H3,(H,22,24)(H,23,25). The van der Waals surface area contributed by atoms with Gasteiger partial charge < -0.3 is 14.8 Å². The summed E-state index contributed by atoms with van der Waals surface area (Å²) >= 11 is 5.93. The van der Waals surface area contributed by atoms with Gasteiger partial charge in [-0.15, -0.1) is 0 Å². The first-order chi connectivity index (χ1) is 13.0. The lowest BCUT2D eigenvalue weighted by atomic mass is 10.2. The number of anilines is 1. The molecule has 27 heavy (non-hydrogen) atoms. The molecular formula is C19H20ClN3O4. The van der Waals surface area contributed by atoms with Crippen LogP contribution in [0, 0.1) is 0 Å². The van der Waals surface area contributed by atoms with E-state index in [0.717, 1.165) is 0 Å². The number of nitrogens with zero attached hydrogens (tertiary/aromatic N) is 1. The molecule has 2 aromatic rings. The Labute approximate surface area is 162 Å². The van der Waals surface area contributed by atoms with Crippen molar-refractivity contribution in [2.45, 2.75) is 12.8 Å². The third-order valence-corrected chi connectivity index (χ3v) is 3.78. The lowest BCUT2D eigenvalue weighted by molar-refractivity contribution is -0.124. The zero-order valence-electron chi connectivity index (χ0n) is 15.0. The molecule has 0 fully saturated rings. The zero-order valence-corrected chi connectivity index (χ0v) is 15.7. The van der Waals surface area contributed by atoms with Gasteiger partial charge in [0.25, 0.3) is 0 Å². The molecule has 0 bridgehead atoms. The van der Waals surface area contributed by atoms with Crippen LogP contribution < -0.4 is 20.2 Å². The van der Waals surface area contributed by atoms with E-state index in [1.165, 1.54) is 20.4 Å². The molecule has 0 spiro atoms. The molecule has 2 amide bonds. The van der Waals surface area contributed by atoms with E-state index >= 15 is 0 Å². The van der Waals surface area contributed by atoms with Crippen molar-refractivity contribution in [3.05, 3.63) is 53.1 Å². The van der Waals surface area contributed by atoms with Crippen molar-refractivity contribution in [2.24, 2.45) is 5.10 Å². The van der Waals surface area contributed by atoms with Crippen molar-refractivity contribution in [3.63, 3.8) is 0 Å². The van der Waals surface area contributed by atoms with Crippen LogP contribution >= 0.6 is 11.6 Å². The summed E-state index contributed by atoms with van der Waals surface area (Å²) in [6.45, 7) is 0. The largest absolute Gasteiger partial charge is 0.496 e. The SMILES string of the molecule is COc1ccc(Cl)cc1C=NNC(=O)CCC(=O)Nc1ccccc1OC. The summed E-state index contributed by atoms with van der Waals surface area (Å²) < 4.78 is 10.3. The molecule has 0 aliphatic heterocycles. The smallest absolute Gasteiger partial charge is 0.240 e. The second-order valence-electron chi connectivity index (χ2n) is 5.43. The summed E-state index contributed by atoms with van der Waals surface area (Å²) in [5.74, 6) is 0.446. The third kappa shape index (κ3) is 6.31. The van der Waals surface area contributed by atoms with Crippen molar-refractivity contribution in [2.75, 3.05) is 19.5 Å². The van der Waals surface area contributed by atoms with Crippen molar-refractivity contribution in [3.8, 4) is 11.5 Å². The van der Waals surface area contributed by atoms with Crippen LogP contribution in [0.4, 0.5) is 5.69 Å². The third-order valence-electron chi connectivity index (χ3n) is 3.54. The maximum absolute atomic E-state index is 12.0.